The van der Waals surface area contributed by atoms with Crippen molar-refractivity contribution in [2.45, 2.75) is 19.3 Å². The van der Waals surface area contributed by atoms with Crippen molar-refractivity contribution in [3.8, 4) is 0 Å². The van der Waals surface area contributed by atoms with Gasteiger partial charge in [0.2, 0.25) is 0 Å². The van der Waals surface area contributed by atoms with Gasteiger partial charge in [-0.15, -0.1) is 0 Å². The van der Waals surface area contributed by atoms with E-state index in [2.05, 4.69) is 4.90 Å². The van der Waals surface area contributed by atoms with E-state index in [1.165, 1.54) is 31.0 Å². The summed E-state index contributed by atoms with van der Waals surface area (Å²) >= 11 is 18.8. The van der Waals surface area contributed by atoms with Crippen LogP contribution in [0.3, 0.4) is 0 Å². The van der Waals surface area contributed by atoms with Crippen LogP contribution < -0.4 is 0 Å². The third kappa shape index (κ3) is 4.09. The minimum Gasteiger partial charge on any atom is -0.286 e. The molecule has 0 atom stereocenters. The normalized spacial score (nSPS) is 21.5. The molecule has 0 aromatic heterocycles. The van der Waals surface area contributed by atoms with E-state index in [0.29, 0.717) is 25.9 Å². The maximum atomic E-state index is 12.6. The van der Waals surface area contributed by atoms with Crippen LogP contribution in [-0.2, 0) is 4.79 Å². The molecule has 2 aliphatic rings. The van der Waals surface area contributed by atoms with E-state index in [0.717, 1.165) is 18.7 Å². The van der Waals surface area contributed by atoms with Crippen molar-refractivity contribution in [2.24, 2.45) is 0 Å². The Kier molecular flexibility index (Phi) is 5.65. The summed E-state index contributed by atoms with van der Waals surface area (Å²) in [6.45, 7) is 2.63. The molecular weight excluding hydrogens is 371 g/mol. The van der Waals surface area contributed by atoms with Crippen molar-refractivity contribution < 1.29 is 4.79 Å². The third-order valence-electron chi connectivity index (χ3n) is 3.91. The molecule has 0 bridgehead atoms. The minimum atomic E-state index is -0.0448. The number of thioether (sulfide) groups is 1. The summed E-state index contributed by atoms with van der Waals surface area (Å²) in [6, 6.07) is 5.24. The number of halogens is 2. The maximum Gasteiger partial charge on any atom is 0.267 e. The number of carbonyl (C=O) groups is 1. The highest BCUT2D eigenvalue weighted by Gasteiger charge is 2.33. The zero-order valence-corrected chi connectivity index (χ0v) is 15.6. The largest absolute Gasteiger partial charge is 0.286 e. The summed E-state index contributed by atoms with van der Waals surface area (Å²) in [6.07, 6.45) is 5.42. The molecule has 2 fully saturated rings. The van der Waals surface area contributed by atoms with Gasteiger partial charge in [0.05, 0.1) is 11.6 Å². The lowest BCUT2D eigenvalue weighted by Gasteiger charge is -2.29. The minimum absolute atomic E-state index is 0.0448. The SMILES string of the molecule is O=C1/C(=C\c2ccc(Cl)cc2Cl)SC(=S)N1CN1CCCCC1. The molecule has 3 rings (SSSR count). The molecule has 0 saturated carbocycles. The number of amides is 1. The number of hydrogen-bond donors (Lipinski definition) is 0. The Hall–Kier alpha value is -0.590. The number of hydrogen-bond acceptors (Lipinski definition) is 4. The second-order valence-electron chi connectivity index (χ2n) is 5.60. The van der Waals surface area contributed by atoms with E-state index in [1.807, 2.05) is 6.07 Å². The first-order chi connectivity index (χ1) is 11.0. The smallest absolute Gasteiger partial charge is 0.267 e. The lowest BCUT2D eigenvalue weighted by Crippen LogP contribution is -2.42. The van der Waals surface area contributed by atoms with Crippen molar-refractivity contribution in [1.29, 1.82) is 0 Å². The molecule has 7 heteroatoms. The Balaban J connectivity index is 1.76. The van der Waals surface area contributed by atoms with Crippen molar-refractivity contribution in [3.05, 3.63) is 38.7 Å². The van der Waals surface area contributed by atoms with Crippen LogP contribution in [-0.4, -0.2) is 39.8 Å². The lowest BCUT2D eigenvalue weighted by atomic mass is 10.1. The quantitative estimate of drug-likeness (QED) is 0.557. The predicted molar refractivity (Wildman–Crippen MR) is 102 cm³/mol. The highest BCUT2D eigenvalue weighted by molar-refractivity contribution is 8.26. The van der Waals surface area contributed by atoms with Gasteiger partial charge in [-0.25, -0.2) is 0 Å². The van der Waals surface area contributed by atoms with E-state index in [-0.39, 0.29) is 5.91 Å². The summed E-state index contributed by atoms with van der Waals surface area (Å²) in [5.41, 5.74) is 0.773. The molecule has 23 heavy (non-hydrogen) atoms. The predicted octanol–water partition coefficient (Wildman–Crippen LogP) is 4.64. The van der Waals surface area contributed by atoms with Crippen molar-refractivity contribution in [1.82, 2.24) is 9.80 Å². The lowest BCUT2D eigenvalue weighted by molar-refractivity contribution is -0.123. The van der Waals surface area contributed by atoms with Crippen LogP contribution in [0, 0.1) is 0 Å². The van der Waals surface area contributed by atoms with Gasteiger partial charge >= 0.3 is 0 Å². The van der Waals surface area contributed by atoms with Crippen molar-refractivity contribution in [3.63, 3.8) is 0 Å². The Bertz CT molecular complexity index is 672. The van der Waals surface area contributed by atoms with Gasteiger partial charge in [0.1, 0.15) is 4.32 Å². The second-order valence-corrected chi connectivity index (χ2v) is 8.12. The van der Waals surface area contributed by atoms with Crippen LogP contribution in [0.25, 0.3) is 6.08 Å². The molecular formula is C16H16Cl2N2OS2. The molecule has 3 nitrogen and oxygen atoms in total. The molecule has 0 spiro atoms. The molecule has 0 unspecified atom stereocenters. The molecule has 1 aromatic rings. The number of benzene rings is 1. The fourth-order valence-electron chi connectivity index (χ4n) is 2.68. The van der Waals surface area contributed by atoms with Gasteiger partial charge in [0.15, 0.2) is 0 Å². The van der Waals surface area contributed by atoms with Crippen LogP contribution in [0.5, 0.6) is 0 Å². The fraction of sp³-hybridized carbons (Fsp3) is 0.375. The Morgan fingerprint density at radius 2 is 1.96 bits per heavy atom. The van der Waals surface area contributed by atoms with Crippen LogP contribution >= 0.6 is 47.2 Å². The number of likely N-dealkylation sites (tertiary alicyclic amines) is 1. The summed E-state index contributed by atoms with van der Waals surface area (Å²) in [4.78, 5) is 17.2. The van der Waals surface area contributed by atoms with Crippen LogP contribution in [0.15, 0.2) is 23.1 Å². The summed E-state index contributed by atoms with van der Waals surface area (Å²) in [7, 11) is 0. The number of nitrogens with zero attached hydrogens (tertiary/aromatic N) is 2. The van der Waals surface area contributed by atoms with Gasteiger partial charge in [0.25, 0.3) is 5.91 Å². The molecule has 0 N–H and O–H groups in total. The van der Waals surface area contributed by atoms with Gasteiger partial charge < -0.3 is 0 Å². The molecule has 1 amide bonds. The fourth-order valence-corrected chi connectivity index (χ4v) is 4.38. The molecule has 2 saturated heterocycles. The van der Waals surface area contributed by atoms with Gasteiger partial charge in [0, 0.05) is 10.0 Å². The Morgan fingerprint density at radius 1 is 1.22 bits per heavy atom. The number of thiocarbonyl (C=S) groups is 1. The van der Waals surface area contributed by atoms with Gasteiger partial charge in [-0.1, -0.05) is 59.7 Å². The molecule has 122 valence electrons. The molecule has 2 heterocycles. The topological polar surface area (TPSA) is 23.6 Å². The summed E-state index contributed by atoms with van der Waals surface area (Å²) in [5.74, 6) is -0.0448. The van der Waals surface area contributed by atoms with Crippen LogP contribution in [0.2, 0.25) is 10.0 Å². The molecule has 2 aliphatic heterocycles. The van der Waals surface area contributed by atoms with E-state index >= 15 is 0 Å². The zero-order chi connectivity index (χ0) is 16.4. The van der Waals surface area contributed by atoms with Crippen LogP contribution in [0.1, 0.15) is 24.8 Å². The van der Waals surface area contributed by atoms with Gasteiger partial charge in [-0.2, -0.15) is 0 Å². The first-order valence-electron chi connectivity index (χ1n) is 7.47. The molecule has 1 aromatic carbocycles. The van der Waals surface area contributed by atoms with Gasteiger partial charge in [-0.3, -0.25) is 14.6 Å². The first-order valence-corrected chi connectivity index (χ1v) is 9.45. The first kappa shape index (κ1) is 17.2. The third-order valence-corrected chi connectivity index (χ3v) is 5.85. The highest BCUT2D eigenvalue weighted by Crippen LogP contribution is 2.34. The average molecular weight is 387 g/mol. The zero-order valence-electron chi connectivity index (χ0n) is 12.4. The number of piperidine rings is 1. The summed E-state index contributed by atoms with van der Waals surface area (Å²) in [5, 5.41) is 1.10. The van der Waals surface area contributed by atoms with E-state index in [4.69, 9.17) is 35.4 Å². The number of carbonyl (C=O) groups excluding carboxylic acids is 1. The Morgan fingerprint density at radius 3 is 2.65 bits per heavy atom. The Labute approximate surface area is 155 Å². The number of rotatable bonds is 3. The highest BCUT2D eigenvalue weighted by atomic mass is 35.5. The monoisotopic (exact) mass is 386 g/mol. The molecule has 0 aliphatic carbocycles. The van der Waals surface area contributed by atoms with Crippen molar-refractivity contribution >= 4 is 63.5 Å². The van der Waals surface area contributed by atoms with Crippen molar-refractivity contribution in [2.75, 3.05) is 19.8 Å². The second kappa shape index (κ2) is 7.53. The average Bonchev–Trinajstić information content (AvgIpc) is 2.79. The summed E-state index contributed by atoms with van der Waals surface area (Å²) < 4.78 is 0.608. The molecule has 0 radical (unpaired) electrons. The van der Waals surface area contributed by atoms with Crippen LogP contribution in [0.4, 0.5) is 0 Å². The van der Waals surface area contributed by atoms with Gasteiger partial charge in [-0.05, 0) is 49.7 Å². The van der Waals surface area contributed by atoms with E-state index in [1.54, 1.807) is 23.1 Å². The van der Waals surface area contributed by atoms with E-state index in [9.17, 15) is 4.79 Å². The van der Waals surface area contributed by atoms with E-state index < -0.39 is 0 Å². The maximum absolute atomic E-state index is 12.6. The standard InChI is InChI=1S/C16H16Cl2N2OS2/c17-12-5-4-11(13(18)9-12)8-14-15(21)20(16(22)23-14)10-19-6-2-1-3-7-19/h4-5,8-9H,1-3,6-7,10H2/b14-8+.